The second-order valence-corrected chi connectivity index (χ2v) is 9.75. The van der Waals surface area contributed by atoms with E-state index in [2.05, 4.69) is 60.2 Å². The first-order chi connectivity index (χ1) is 14.6. The van der Waals surface area contributed by atoms with Gasteiger partial charge in [0.1, 0.15) is 16.2 Å². The molecule has 0 spiro atoms. The number of carbonyl (C=O) groups is 1. The van der Waals surface area contributed by atoms with E-state index in [9.17, 15) is 4.79 Å². The van der Waals surface area contributed by atoms with Crippen molar-refractivity contribution in [3.05, 3.63) is 58.7 Å². The van der Waals surface area contributed by atoms with Gasteiger partial charge in [-0.25, -0.2) is 9.97 Å². The summed E-state index contributed by atoms with van der Waals surface area (Å²) >= 11 is 3.23. The van der Waals surface area contributed by atoms with E-state index in [0.717, 1.165) is 48.0 Å². The standard InChI is InChI=1S/C23H26N4OS2/c1-17-18(2)30-23-21(17)22(24-16-25-23)29-15-20(28)27-13-11-26(12-14-27)10-6-9-19-7-4-3-5-8-19/h3-9,16H,10-15H2,1-2H3/p+1/b9-6+. The Morgan fingerprint density at radius 1 is 1.20 bits per heavy atom. The molecule has 156 valence electrons. The molecule has 0 atom stereocenters. The number of carbonyl (C=O) groups excluding carboxylic acids is 1. The number of quaternary nitrogens is 1. The molecule has 1 amide bonds. The van der Waals surface area contributed by atoms with Crippen molar-refractivity contribution in [2.24, 2.45) is 0 Å². The summed E-state index contributed by atoms with van der Waals surface area (Å²) in [5, 5.41) is 2.03. The molecule has 0 bridgehead atoms. The van der Waals surface area contributed by atoms with Crippen LogP contribution in [0.1, 0.15) is 16.0 Å². The Labute approximate surface area is 185 Å². The van der Waals surface area contributed by atoms with Crippen molar-refractivity contribution in [2.45, 2.75) is 18.9 Å². The fourth-order valence-electron chi connectivity index (χ4n) is 3.68. The van der Waals surface area contributed by atoms with E-state index in [1.807, 2.05) is 11.0 Å². The second-order valence-electron chi connectivity index (χ2n) is 7.58. The number of nitrogens with zero attached hydrogens (tertiary/aromatic N) is 3. The highest BCUT2D eigenvalue weighted by Crippen LogP contribution is 2.34. The van der Waals surface area contributed by atoms with Crippen LogP contribution in [0.4, 0.5) is 0 Å². The Morgan fingerprint density at radius 2 is 1.97 bits per heavy atom. The molecule has 3 aromatic rings. The Balaban J connectivity index is 1.26. The first kappa shape index (κ1) is 21.0. The van der Waals surface area contributed by atoms with Gasteiger partial charge >= 0.3 is 0 Å². The monoisotopic (exact) mass is 439 g/mol. The average Bonchev–Trinajstić information content (AvgIpc) is 3.07. The van der Waals surface area contributed by atoms with Crippen molar-refractivity contribution in [1.82, 2.24) is 14.9 Å². The van der Waals surface area contributed by atoms with Gasteiger partial charge in [-0.1, -0.05) is 48.2 Å². The highest BCUT2D eigenvalue weighted by atomic mass is 32.2. The van der Waals surface area contributed by atoms with Crippen LogP contribution in [-0.4, -0.2) is 59.3 Å². The Hall–Kier alpha value is -2.22. The lowest BCUT2D eigenvalue weighted by atomic mass is 10.2. The quantitative estimate of drug-likeness (QED) is 0.474. The number of aryl methyl sites for hydroxylation is 2. The van der Waals surface area contributed by atoms with E-state index >= 15 is 0 Å². The zero-order chi connectivity index (χ0) is 20.9. The summed E-state index contributed by atoms with van der Waals surface area (Å²) in [6, 6.07) is 10.4. The molecule has 2 aromatic heterocycles. The van der Waals surface area contributed by atoms with Crippen LogP contribution in [-0.2, 0) is 4.79 Å². The van der Waals surface area contributed by atoms with Crippen LogP contribution in [0.5, 0.6) is 0 Å². The molecular formula is C23H27N4OS2+. The summed E-state index contributed by atoms with van der Waals surface area (Å²) in [6.07, 6.45) is 6.02. The fourth-order valence-corrected chi connectivity index (χ4v) is 5.70. The molecule has 5 nitrogen and oxygen atoms in total. The van der Waals surface area contributed by atoms with Crippen LogP contribution in [0, 0.1) is 13.8 Å². The van der Waals surface area contributed by atoms with Crippen LogP contribution in [0.2, 0.25) is 0 Å². The molecule has 0 radical (unpaired) electrons. The molecule has 1 fully saturated rings. The summed E-state index contributed by atoms with van der Waals surface area (Å²) in [5.74, 6) is 0.638. The lowest BCUT2D eigenvalue weighted by Gasteiger charge is -2.31. The topological polar surface area (TPSA) is 50.5 Å². The lowest BCUT2D eigenvalue weighted by Crippen LogP contribution is -3.14. The van der Waals surface area contributed by atoms with Crippen molar-refractivity contribution < 1.29 is 9.69 Å². The van der Waals surface area contributed by atoms with Gasteiger partial charge in [-0.3, -0.25) is 4.79 Å². The van der Waals surface area contributed by atoms with Gasteiger partial charge in [-0.2, -0.15) is 0 Å². The van der Waals surface area contributed by atoms with Crippen molar-refractivity contribution in [1.29, 1.82) is 0 Å². The molecule has 1 N–H and O–H groups in total. The molecular weight excluding hydrogens is 412 g/mol. The summed E-state index contributed by atoms with van der Waals surface area (Å²) < 4.78 is 0. The van der Waals surface area contributed by atoms with Crippen molar-refractivity contribution in [3.8, 4) is 0 Å². The number of aromatic nitrogens is 2. The van der Waals surface area contributed by atoms with Gasteiger partial charge in [0, 0.05) is 10.3 Å². The van der Waals surface area contributed by atoms with Gasteiger partial charge in [-0.05, 0) is 31.1 Å². The smallest absolute Gasteiger partial charge is 0.233 e. The Kier molecular flexibility index (Phi) is 6.82. The number of hydrogen-bond acceptors (Lipinski definition) is 5. The zero-order valence-electron chi connectivity index (χ0n) is 17.4. The van der Waals surface area contributed by atoms with Gasteiger partial charge < -0.3 is 9.80 Å². The largest absolute Gasteiger partial charge is 0.331 e. The number of rotatable bonds is 6. The maximum atomic E-state index is 12.7. The maximum Gasteiger partial charge on any atom is 0.233 e. The minimum Gasteiger partial charge on any atom is -0.331 e. The molecule has 0 unspecified atom stereocenters. The van der Waals surface area contributed by atoms with Gasteiger partial charge in [0.15, 0.2) is 0 Å². The van der Waals surface area contributed by atoms with Crippen molar-refractivity contribution >= 4 is 45.3 Å². The van der Waals surface area contributed by atoms with Gasteiger partial charge in [0.25, 0.3) is 0 Å². The average molecular weight is 440 g/mol. The van der Waals surface area contributed by atoms with Crippen LogP contribution in [0.3, 0.4) is 0 Å². The molecule has 1 aliphatic rings. The Morgan fingerprint density at radius 3 is 2.73 bits per heavy atom. The third-order valence-electron chi connectivity index (χ3n) is 5.60. The maximum absolute atomic E-state index is 12.7. The third-order valence-corrected chi connectivity index (χ3v) is 7.69. The predicted molar refractivity (Wildman–Crippen MR) is 125 cm³/mol. The number of fused-ring (bicyclic) bond motifs is 1. The molecule has 1 aromatic carbocycles. The molecule has 1 saturated heterocycles. The van der Waals surface area contributed by atoms with Crippen LogP contribution in [0.15, 0.2) is 47.8 Å². The molecule has 0 aliphatic carbocycles. The van der Waals surface area contributed by atoms with Gasteiger partial charge in [-0.15, -0.1) is 11.3 Å². The number of nitrogens with one attached hydrogen (secondary N) is 1. The number of amides is 1. The number of hydrogen-bond donors (Lipinski definition) is 1. The lowest BCUT2D eigenvalue weighted by molar-refractivity contribution is -0.898. The summed E-state index contributed by atoms with van der Waals surface area (Å²) in [6.45, 7) is 8.86. The number of thiophene rings is 1. The van der Waals surface area contributed by atoms with Crippen LogP contribution in [0.25, 0.3) is 16.3 Å². The van der Waals surface area contributed by atoms with Crippen molar-refractivity contribution in [2.75, 3.05) is 38.5 Å². The zero-order valence-corrected chi connectivity index (χ0v) is 19.1. The minimum atomic E-state index is 0.204. The first-order valence-electron chi connectivity index (χ1n) is 10.3. The molecule has 1 aliphatic heterocycles. The third kappa shape index (κ3) is 4.91. The van der Waals surface area contributed by atoms with Crippen LogP contribution < -0.4 is 4.90 Å². The van der Waals surface area contributed by atoms with E-state index in [4.69, 9.17) is 0 Å². The molecule has 4 rings (SSSR count). The molecule has 0 saturated carbocycles. The number of piperazine rings is 1. The fraction of sp³-hybridized carbons (Fsp3) is 0.348. The van der Waals surface area contributed by atoms with Crippen LogP contribution >= 0.6 is 23.1 Å². The Bertz CT molecular complexity index is 1040. The van der Waals surface area contributed by atoms with Gasteiger partial charge in [0.05, 0.1) is 38.5 Å². The van der Waals surface area contributed by atoms with E-state index in [1.165, 1.54) is 32.7 Å². The highest BCUT2D eigenvalue weighted by Gasteiger charge is 2.23. The van der Waals surface area contributed by atoms with E-state index in [-0.39, 0.29) is 5.91 Å². The van der Waals surface area contributed by atoms with E-state index < -0.39 is 0 Å². The normalized spacial score (nSPS) is 15.3. The summed E-state index contributed by atoms with van der Waals surface area (Å²) in [5.41, 5.74) is 2.46. The highest BCUT2D eigenvalue weighted by molar-refractivity contribution is 8.00. The molecule has 3 heterocycles. The van der Waals surface area contributed by atoms with Crippen molar-refractivity contribution in [3.63, 3.8) is 0 Å². The second kappa shape index (κ2) is 9.73. The summed E-state index contributed by atoms with van der Waals surface area (Å²) in [7, 11) is 0. The van der Waals surface area contributed by atoms with Gasteiger partial charge in [0.2, 0.25) is 5.91 Å². The first-order valence-corrected chi connectivity index (χ1v) is 12.1. The minimum absolute atomic E-state index is 0.204. The molecule has 30 heavy (non-hydrogen) atoms. The SMILES string of the molecule is Cc1sc2ncnc(SCC(=O)N3CC[NH+](C/C=C/c4ccccc4)CC3)c2c1C. The number of thioether (sulfide) groups is 1. The number of benzene rings is 1. The van der Waals surface area contributed by atoms with E-state index in [1.54, 1.807) is 17.7 Å². The molecule has 7 heteroatoms. The summed E-state index contributed by atoms with van der Waals surface area (Å²) in [4.78, 5) is 27.4. The predicted octanol–water partition coefficient (Wildman–Crippen LogP) is 2.84. The van der Waals surface area contributed by atoms with E-state index in [0.29, 0.717) is 5.75 Å².